The first-order valence-corrected chi connectivity index (χ1v) is 8.91. The summed E-state index contributed by atoms with van der Waals surface area (Å²) < 4.78 is 8.24. The lowest BCUT2D eigenvalue weighted by Crippen LogP contribution is -2.18. The smallest absolute Gasteiger partial charge is 0.214 e. The van der Waals surface area contributed by atoms with Crippen LogP contribution < -0.4 is 10.2 Å². The number of nitrogens with zero attached hydrogens (tertiary/aromatic N) is 3. The molecule has 1 aromatic heterocycles. The second kappa shape index (κ2) is 6.33. The third-order valence-electron chi connectivity index (χ3n) is 3.63. The minimum absolute atomic E-state index is 0.776. The zero-order valence-corrected chi connectivity index (χ0v) is 15.1. The number of aromatic nitrogens is 3. The van der Waals surface area contributed by atoms with Crippen molar-refractivity contribution in [1.29, 1.82) is 0 Å². The van der Waals surface area contributed by atoms with E-state index in [0.717, 1.165) is 38.0 Å². The Labute approximate surface area is 151 Å². The molecule has 4 rings (SSSR count). The number of nitrogens with one attached hydrogen (secondary N) is 1. The maximum atomic E-state index is 5.31. The molecule has 0 aliphatic carbocycles. The van der Waals surface area contributed by atoms with E-state index in [0.29, 0.717) is 0 Å². The van der Waals surface area contributed by atoms with Crippen LogP contribution in [-0.2, 0) is 0 Å². The van der Waals surface area contributed by atoms with Crippen LogP contribution in [0.3, 0.4) is 0 Å². The van der Waals surface area contributed by atoms with E-state index in [1.807, 2.05) is 58.6 Å². The Balaban J connectivity index is 1.69. The molecule has 0 spiro atoms. The normalized spacial score (nSPS) is 13.0. The van der Waals surface area contributed by atoms with Crippen LogP contribution >= 0.6 is 27.7 Å². The fraction of sp³-hybridized carbons (Fsp3) is 0.0588. The summed E-state index contributed by atoms with van der Waals surface area (Å²) >= 11 is 4.99. The summed E-state index contributed by atoms with van der Waals surface area (Å²) in [6.45, 7) is 0. The van der Waals surface area contributed by atoms with Crippen LogP contribution in [0.1, 0.15) is 5.56 Å². The number of ether oxygens (including phenoxy) is 1. The lowest BCUT2D eigenvalue weighted by molar-refractivity contribution is 0.414. The van der Waals surface area contributed by atoms with Crippen LogP contribution in [0.4, 0.5) is 0 Å². The van der Waals surface area contributed by atoms with Crippen LogP contribution in [0.15, 0.2) is 63.6 Å². The highest BCUT2D eigenvalue weighted by Gasteiger charge is 2.19. The lowest BCUT2D eigenvalue weighted by atomic mass is 10.1. The van der Waals surface area contributed by atoms with Crippen molar-refractivity contribution in [3.05, 3.63) is 64.0 Å². The number of benzene rings is 2. The van der Waals surface area contributed by atoms with Gasteiger partial charge in [0.1, 0.15) is 5.75 Å². The average molecular weight is 401 g/mol. The molecule has 5 nitrogen and oxygen atoms in total. The van der Waals surface area contributed by atoms with Crippen molar-refractivity contribution in [1.82, 2.24) is 14.9 Å². The van der Waals surface area contributed by atoms with E-state index in [4.69, 9.17) is 4.74 Å². The van der Waals surface area contributed by atoms with E-state index in [2.05, 4.69) is 31.6 Å². The van der Waals surface area contributed by atoms with Crippen molar-refractivity contribution in [2.75, 3.05) is 12.5 Å². The van der Waals surface area contributed by atoms with Gasteiger partial charge < -0.3 is 4.74 Å². The van der Waals surface area contributed by atoms with Crippen molar-refractivity contribution in [2.45, 2.75) is 5.16 Å². The average Bonchev–Trinajstić information content (AvgIpc) is 3.05. The summed E-state index contributed by atoms with van der Waals surface area (Å²) in [6, 6.07) is 15.9. The summed E-state index contributed by atoms with van der Waals surface area (Å²) in [7, 11) is 1.67. The minimum atomic E-state index is 0.776. The highest BCUT2D eigenvalue weighted by atomic mass is 79.9. The van der Waals surface area contributed by atoms with E-state index >= 15 is 0 Å². The summed E-state index contributed by atoms with van der Waals surface area (Å²) in [5.74, 6) is 1.60. The van der Waals surface area contributed by atoms with Gasteiger partial charge in [-0.1, -0.05) is 52.0 Å². The second-order valence-electron chi connectivity index (χ2n) is 5.14. The van der Waals surface area contributed by atoms with Gasteiger partial charge in [0, 0.05) is 21.0 Å². The van der Waals surface area contributed by atoms with E-state index < -0.39 is 0 Å². The van der Waals surface area contributed by atoms with Gasteiger partial charge in [-0.3, -0.25) is 5.43 Å². The Morgan fingerprint density at radius 1 is 1.08 bits per heavy atom. The van der Waals surface area contributed by atoms with E-state index in [1.165, 1.54) is 11.8 Å². The molecule has 0 atom stereocenters. The van der Waals surface area contributed by atoms with Gasteiger partial charge in [-0.2, -0.15) is 0 Å². The fourth-order valence-corrected chi connectivity index (χ4v) is 3.42. The molecule has 120 valence electrons. The van der Waals surface area contributed by atoms with E-state index in [9.17, 15) is 0 Å². The Bertz CT molecular complexity index is 921. The number of halogens is 1. The van der Waals surface area contributed by atoms with Gasteiger partial charge in [0.15, 0.2) is 5.82 Å². The number of fused-ring (bicyclic) bond motifs is 1. The molecular weight excluding hydrogens is 388 g/mol. The standard InChI is InChI=1S/C17H13BrN4OS/c1-23-14-4-2-3-12(9-14)15-10-24-17-20-19-16(22(17)21-15)11-5-7-13(18)8-6-11/h2-10,21H,1H3. The monoisotopic (exact) mass is 400 g/mol. The Morgan fingerprint density at radius 2 is 1.92 bits per heavy atom. The first-order chi connectivity index (χ1) is 11.7. The number of rotatable bonds is 3. The zero-order valence-electron chi connectivity index (χ0n) is 12.7. The van der Waals surface area contributed by atoms with Gasteiger partial charge in [0.05, 0.1) is 12.8 Å². The van der Waals surface area contributed by atoms with Crippen molar-refractivity contribution in [3.8, 4) is 17.1 Å². The highest BCUT2D eigenvalue weighted by Crippen LogP contribution is 2.32. The largest absolute Gasteiger partial charge is 0.497 e. The maximum Gasteiger partial charge on any atom is 0.214 e. The number of thioether (sulfide) groups is 1. The van der Waals surface area contributed by atoms with Gasteiger partial charge in [-0.05, 0) is 24.3 Å². The molecule has 2 heterocycles. The molecule has 2 aromatic carbocycles. The van der Waals surface area contributed by atoms with Crippen LogP contribution in [0.2, 0.25) is 0 Å². The molecule has 0 saturated carbocycles. The predicted molar refractivity (Wildman–Crippen MR) is 99.3 cm³/mol. The van der Waals surface area contributed by atoms with Crippen molar-refractivity contribution in [2.24, 2.45) is 0 Å². The summed E-state index contributed by atoms with van der Waals surface area (Å²) in [6.07, 6.45) is 0. The summed E-state index contributed by atoms with van der Waals surface area (Å²) in [5, 5.41) is 11.4. The molecule has 0 radical (unpaired) electrons. The quantitative estimate of drug-likeness (QED) is 0.707. The van der Waals surface area contributed by atoms with Crippen LogP contribution in [0, 0.1) is 0 Å². The molecule has 1 aliphatic rings. The summed E-state index contributed by atoms with van der Waals surface area (Å²) in [5.41, 5.74) is 6.41. The predicted octanol–water partition coefficient (Wildman–Crippen LogP) is 4.36. The molecule has 0 amide bonds. The van der Waals surface area contributed by atoms with E-state index in [-0.39, 0.29) is 0 Å². The van der Waals surface area contributed by atoms with Gasteiger partial charge in [-0.25, -0.2) is 4.68 Å². The molecule has 0 unspecified atom stereocenters. The topological polar surface area (TPSA) is 52.0 Å². The SMILES string of the molecule is COc1cccc(C2=CSc3nnc(-c4ccc(Br)cc4)n3N2)c1. The molecule has 0 fully saturated rings. The second-order valence-corrected chi connectivity index (χ2v) is 6.89. The first-order valence-electron chi connectivity index (χ1n) is 7.24. The van der Waals surface area contributed by atoms with Crippen LogP contribution in [-0.4, -0.2) is 22.0 Å². The highest BCUT2D eigenvalue weighted by molar-refractivity contribution is 9.10. The molecule has 7 heteroatoms. The van der Waals surface area contributed by atoms with Crippen LogP contribution in [0.25, 0.3) is 17.1 Å². The van der Waals surface area contributed by atoms with Gasteiger partial charge >= 0.3 is 0 Å². The number of hydrogen-bond donors (Lipinski definition) is 1. The third-order valence-corrected chi connectivity index (χ3v) is 4.99. The number of methoxy groups -OCH3 is 1. The van der Waals surface area contributed by atoms with E-state index in [1.54, 1.807) is 7.11 Å². The third kappa shape index (κ3) is 2.81. The fourth-order valence-electron chi connectivity index (χ4n) is 2.41. The zero-order chi connectivity index (χ0) is 16.5. The van der Waals surface area contributed by atoms with Crippen molar-refractivity contribution >= 4 is 33.4 Å². The molecular formula is C17H13BrN4OS. The Kier molecular flexibility index (Phi) is 4.03. The molecule has 0 bridgehead atoms. The molecule has 0 saturated heterocycles. The maximum absolute atomic E-state index is 5.31. The van der Waals surface area contributed by atoms with Crippen LogP contribution in [0.5, 0.6) is 5.75 Å². The lowest BCUT2D eigenvalue weighted by Gasteiger charge is -2.19. The van der Waals surface area contributed by atoms with Gasteiger partial charge in [0.25, 0.3) is 0 Å². The first kappa shape index (κ1) is 15.3. The summed E-state index contributed by atoms with van der Waals surface area (Å²) in [4.78, 5) is 0. The minimum Gasteiger partial charge on any atom is -0.497 e. The Hall–Kier alpha value is -2.25. The molecule has 1 aliphatic heterocycles. The van der Waals surface area contributed by atoms with Gasteiger partial charge in [-0.15, -0.1) is 10.2 Å². The van der Waals surface area contributed by atoms with Crippen molar-refractivity contribution < 1.29 is 4.74 Å². The number of hydrogen-bond acceptors (Lipinski definition) is 5. The molecule has 3 aromatic rings. The molecule has 1 N–H and O–H groups in total. The molecule has 24 heavy (non-hydrogen) atoms. The van der Waals surface area contributed by atoms with Crippen molar-refractivity contribution in [3.63, 3.8) is 0 Å². The van der Waals surface area contributed by atoms with Gasteiger partial charge in [0.2, 0.25) is 5.16 Å². The Morgan fingerprint density at radius 3 is 2.71 bits per heavy atom.